The Balaban J connectivity index is 2.32. The molecule has 2 atom stereocenters. The molecular weight excluding hydrogens is 363 g/mol. The zero-order valence-corrected chi connectivity index (χ0v) is 16.1. The van der Waals surface area contributed by atoms with Crippen LogP contribution < -0.4 is 5.32 Å². The number of aliphatic carboxylic acids is 1. The highest BCUT2D eigenvalue weighted by molar-refractivity contribution is 5.90. The fourth-order valence-corrected chi connectivity index (χ4v) is 3.27. The van der Waals surface area contributed by atoms with Crippen LogP contribution in [0.25, 0.3) is 0 Å². The van der Waals surface area contributed by atoms with Gasteiger partial charge in [0.15, 0.2) is 0 Å². The van der Waals surface area contributed by atoms with Crippen molar-refractivity contribution in [3.05, 3.63) is 47.8 Å². The Morgan fingerprint density at radius 3 is 2.64 bits per heavy atom. The highest BCUT2D eigenvalue weighted by atomic mass is 19.1. The Hall–Kier alpha value is -2.70. The number of hydrogen-bond donors (Lipinski definition) is 2. The Bertz CT molecular complexity index is 735. The number of allylic oxidation sites excluding steroid dienone is 2. The standard InChI is InChI=1S/C21H27FN2O4/c1-24-12-7-5-3-2-4-6-9-16(14-18(25)26)20(27)23-19(21(24)28)15-10-8-11-17(22)13-15/h2-3,8,10-11,13,16,19H,4-7,9,12,14H2,1H3,(H,23,27)(H,25,26)/b3-2+/t16-,19+/m1/s1. The molecule has 152 valence electrons. The molecule has 0 unspecified atom stereocenters. The quantitative estimate of drug-likeness (QED) is 0.777. The molecule has 0 fully saturated rings. The number of hydrogen-bond acceptors (Lipinski definition) is 3. The fourth-order valence-electron chi connectivity index (χ4n) is 3.27. The highest BCUT2D eigenvalue weighted by Crippen LogP contribution is 2.21. The molecule has 2 N–H and O–H groups in total. The molecule has 0 spiro atoms. The van der Waals surface area contributed by atoms with Gasteiger partial charge in [0.1, 0.15) is 11.9 Å². The lowest BCUT2D eigenvalue weighted by Crippen LogP contribution is -2.44. The molecule has 1 aromatic rings. The van der Waals surface area contributed by atoms with E-state index in [0.29, 0.717) is 24.9 Å². The predicted octanol–water partition coefficient (Wildman–Crippen LogP) is 3.05. The summed E-state index contributed by atoms with van der Waals surface area (Å²) >= 11 is 0. The normalized spacial score (nSPS) is 23.6. The summed E-state index contributed by atoms with van der Waals surface area (Å²) in [5.74, 6) is -3.17. The Morgan fingerprint density at radius 1 is 1.25 bits per heavy atom. The van der Waals surface area contributed by atoms with Gasteiger partial charge in [0.25, 0.3) is 0 Å². The Kier molecular flexibility index (Phi) is 8.17. The lowest BCUT2D eigenvalue weighted by atomic mass is 9.95. The number of carboxylic acids is 1. The molecule has 0 saturated heterocycles. The number of halogens is 1. The third kappa shape index (κ3) is 6.48. The summed E-state index contributed by atoms with van der Waals surface area (Å²) in [6.45, 7) is 0.503. The summed E-state index contributed by atoms with van der Waals surface area (Å²) in [5, 5.41) is 11.8. The van der Waals surface area contributed by atoms with Crippen LogP contribution in [-0.4, -0.2) is 41.4 Å². The number of carbonyl (C=O) groups is 3. The Labute approximate surface area is 164 Å². The van der Waals surface area contributed by atoms with E-state index in [9.17, 15) is 18.8 Å². The van der Waals surface area contributed by atoms with E-state index >= 15 is 0 Å². The van der Waals surface area contributed by atoms with E-state index in [1.54, 1.807) is 13.1 Å². The largest absolute Gasteiger partial charge is 0.481 e. The number of nitrogens with one attached hydrogen (secondary N) is 1. The second kappa shape index (κ2) is 10.6. The molecule has 7 heteroatoms. The first-order chi connectivity index (χ1) is 13.4. The number of rotatable bonds is 3. The lowest BCUT2D eigenvalue weighted by molar-refractivity contribution is -0.142. The average molecular weight is 390 g/mol. The van der Waals surface area contributed by atoms with Gasteiger partial charge in [-0.2, -0.15) is 0 Å². The number of nitrogens with zero attached hydrogens (tertiary/aromatic N) is 1. The van der Waals surface area contributed by atoms with Crippen LogP contribution in [0.3, 0.4) is 0 Å². The molecule has 0 bridgehead atoms. The van der Waals surface area contributed by atoms with Crippen molar-refractivity contribution in [1.82, 2.24) is 10.2 Å². The van der Waals surface area contributed by atoms with Gasteiger partial charge in [-0.25, -0.2) is 4.39 Å². The van der Waals surface area contributed by atoms with Crippen LogP contribution in [-0.2, 0) is 14.4 Å². The molecule has 1 aliphatic rings. The fraction of sp³-hybridized carbons (Fsp3) is 0.476. The number of amides is 2. The van der Waals surface area contributed by atoms with E-state index in [-0.39, 0.29) is 12.3 Å². The third-order valence-electron chi connectivity index (χ3n) is 4.84. The minimum Gasteiger partial charge on any atom is -0.481 e. The molecule has 0 radical (unpaired) electrons. The number of likely N-dealkylation sites (N-methyl/N-ethyl adjacent to an activating group) is 1. The summed E-state index contributed by atoms with van der Waals surface area (Å²) in [6.07, 6.45) is 7.22. The number of benzene rings is 1. The van der Waals surface area contributed by atoms with Gasteiger partial charge in [-0.15, -0.1) is 0 Å². The van der Waals surface area contributed by atoms with Crippen molar-refractivity contribution in [3.8, 4) is 0 Å². The van der Waals surface area contributed by atoms with Gasteiger partial charge in [-0.05, 0) is 49.8 Å². The Morgan fingerprint density at radius 2 is 1.96 bits per heavy atom. The maximum absolute atomic E-state index is 13.7. The van der Waals surface area contributed by atoms with Crippen LogP contribution in [0.4, 0.5) is 4.39 Å². The molecule has 1 aliphatic heterocycles. The van der Waals surface area contributed by atoms with Gasteiger partial charge in [0.2, 0.25) is 11.8 Å². The maximum Gasteiger partial charge on any atom is 0.304 e. The molecular formula is C21H27FN2O4. The third-order valence-corrected chi connectivity index (χ3v) is 4.84. The summed E-state index contributed by atoms with van der Waals surface area (Å²) < 4.78 is 13.7. The average Bonchev–Trinajstić information content (AvgIpc) is 2.65. The van der Waals surface area contributed by atoms with E-state index < -0.39 is 29.7 Å². The van der Waals surface area contributed by atoms with Gasteiger partial charge < -0.3 is 15.3 Å². The van der Waals surface area contributed by atoms with Crippen LogP contribution in [0.5, 0.6) is 0 Å². The summed E-state index contributed by atoms with van der Waals surface area (Å²) in [5.41, 5.74) is 0.339. The molecule has 1 aromatic carbocycles. The number of carboxylic acid groups (broad SMARTS) is 1. The van der Waals surface area contributed by atoms with Crippen molar-refractivity contribution in [2.24, 2.45) is 5.92 Å². The zero-order valence-electron chi connectivity index (χ0n) is 16.1. The minimum atomic E-state index is -1.07. The summed E-state index contributed by atoms with van der Waals surface area (Å²) in [7, 11) is 1.64. The number of carbonyl (C=O) groups excluding carboxylic acids is 2. The molecule has 2 amide bonds. The molecule has 2 rings (SSSR count). The van der Waals surface area contributed by atoms with E-state index in [1.165, 1.54) is 23.1 Å². The first-order valence-electron chi connectivity index (χ1n) is 9.56. The molecule has 6 nitrogen and oxygen atoms in total. The SMILES string of the molecule is CN1CCC/C=C/CCC[C@H](CC(=O)O)C(=O)N[C@@H](c2cccc(F)c2)C1=O. The van der Waals surface area contributed by atoms with Gasteiger partial charge in [-0.1, -0.05) is 24.3 Å². The van der Waals surface area contributed by atoms with E-state index in [0.717, 1.165) is 19.3 Å². The monoisotopic (exact) mass is 390 g/mol. The molecule has 28 heavy (non-hydrogen) atoms. The van der Waals surface area contributed by atoms with Gasteiger partial charge in [-0.3, -0.25) is 14.4 Å². The van der Waals surface area contributed by atoms with Crippen LogP contribution >= 0.6 is 0 Å². The minimum absolute atomic E-state index is 0.310. The van der Waals surface area contributed by atoms with Crippen molar-refractivity contribution in [2.45, 2.75) is 44.6 Å². The van der Waals surface area contributed by atoms with E-state index in [2.05, 4.69) is 5.32 Å². The lowest BCUT2D eigenvalue weighted by Gasteiger charge is -2.26. The van der Waals surface area contributed by atoms with Crippen molar-refractivity contribution in [2.75, 3.05) is 13.6 Å². The molecule has 1 heterocycles. The van der Waals surface area contributed by atoms with Crippen LogP contribution in [0.2, 0.25) is 0 Å². The highest BCUT2D eigenvalue weighted by Gasteiger charge is 2.30. The first kappa shape index (κ1) is 21.6. The zero-order chi connectivity index (χ0) is 20.5. The second-order valence-electron chi connectivity index (χ2n) is 7.10. The molecule has 0 aliphatic carbocycles. The van der Waals surface area contributed by atoms with Crippen molar-refractivity contribution in [3.63, 3.8) is 0 Å². The van der Waals surface area contributed by atoms with E-state index in [4.69, 9.17) is 5.11 Å². The molecule has 0 saturated carbocycles. The molecule has 0 aromatic heterocycles. The summed E-state index contributed by atoms with van der Waals surface area (Å²) in [4.78, 5) is 38.4. The van der Waals surface area contributed by atoms with Gasteiger partial charge >= 0.3 is 5.97 Å². The van der Waals surface area contributed by atoms with E-state index in [1.807, 2.05) is 12.2 Å². The van der Waals surface area contributed by atoms with Gasteiger partial charge in [0, 0.05) is 19.5 Å². The van der Waals surface area contributed by atoms with Crippen LogP contribution in [0, 0.1) is 11.7 Å². The summed E-state index contributed by atoms with van der Waals surface area (Å²) in [6, 6.07) is 4.49. The maximum atomic E-state index is 13.7. The van der Waals surface area contributed by atoms with Crippen molar-refractivity contribution in [1.29, 1.82) is 0 Å². The first-order valence-corrected chi connectivity index (χ1v) is 9.56. The smallest absolute Gasteiger partial charge is 0.304 e. The second-order valence-corrected chi connectivity index (χ2v) is 7.10. The van der Waals surface area contributed by atoms with Crippen LogP contribution in [0.1, 0.15) is 50.1 Å². The van der Waals surface area contributed by atoms with Gasteiger partial charge in [0.05, 0.1) is 6.42 Å². The topological polar surface area (TPSA) is 86.7 Å². The van der Waals surface area contributed by atoms with Crippen molar-refractivity contribution >= 4 is 17.8 Å². The van der Waals surface area contributed by atoms with Crippen LogP contribution in [0.15, 0.2) is 36.4 Å². The van der Waals surface area contributed by atoms with Crippen molar-refractivity contribution < 1.29 is 23.9 Å². The predicted molar refractivity (Wildman–Crippen MR) is 103 cm³/mol.